The molecule has 0 saturated carbocycles. The fourth-order valence-corrected chi connectivity index (χ4v) is 4.92. The number of halogens is 2. The lowest BCUT2D eigenvalue weighted by molar-refractivity contribution is 0.0778. The van der Waals surface area contributed by atoms with Gasteiger partial charge in [0.2, 0.25) is 0 Å². The lowest BCUT2D eigenvalue weighted by atomic mass is 9.98. The average Bonchev–Trinajstić information content (AvgIpc) is 3.27. The van der Waals surface area contributed by atoms with Gasteiger partial charge in [0, 0.05) is 25.7 Å². The van der Waals surface area contributed by atoms with E-state index < -0.39 is 11.6 Å². The maximum absolute atomic E-state index is 13.6. The molecular weight excluding hydrogens is 354 g/mol. The van der Waals surface area contributed by atoms with Gasteiger partial charge in [0.1, 0.15) is 0 Å². The Bertz CT molecular complexity index is 780. The molecule has 3 heterocycles. The van der Waals surface area contributed by atoms with Crippen molar-refractivity contribution in [2.24, 2.45) is 5.92 Å². The van der Waals surface area contributed by atoms with E-state index in [0.29, 0.717) is 19.0 Å². The Morgan fingerprint density at radius 1 is 1.15 bits per heavy atom. The van der Waals surface area contributed by atoms with Crippen LogP contribution in [-0.4, -0.2) is 41.4 Å². The minimum Gasteiger partial charge on any atom is -0.336 e. The van der Waals surface area contributed by atoms with Gasteiger partial charge in [-0.1, -0.05) is 18.6 Å². The van der Waals surface area contributed by atoms with Gasteiger partial charge in [-0.05, 0) is 54.4 Å². The number of hydrogen-bond acceptors (Lipinski definition) is 3. The smallest absolute Gasteiger partial charge is 0.263 e. The first-order chi connectivity index (χ1) is 12.6. The Balaban J connectivity index is 1.50. The number of likely N-dealkylation sites (tertiary alicyclic amines) is 2. The van der Waals surface area contributed by atoms with Crippen LogP contribution in [0.4, 0.5) is 8.78 Å². The van der Waals surface area contributed by atoms with E-state index in [1.807, 2.05) is 22.4 Å². The van der Waals surface area contributed by atoms with Gasteiger partial charge in [-0.25, -0.2) is 8.78 Å². The number of rotatable bonds is 3. The molecule has 2 aromatic rings. The fraction of sp³-hybridized carbons (Fsp3) is 0.450. The summed E-state index contributed by atoms with van der Waals surface area (Å²) in [5.41, 5.74) is 0.785. The molecule has 0 aliphatic carbocycles. The van der Waals surface area contributed by atoms with Crippen molar-refractivity contribution in [3.8, 4) is 0 Å². The summed E-state index contributed by atoms with van der Waals surface area (Å²) in [4.78, 5) is 17.8. The average molecular weight is 376 g/mol. The lowest BCUT2D eigenvalue weighted by Gasteiger charge is -2.30. The minimum absolute atomic E-state index is 0.112. The van der Waals surface area contributed by atoms with Crippen molar-refractivity contribution in [1.29, 1.82) is 0 Å². The van der Waals surface area contributed by atoms with Gasteiger partial charge in [-0.2, -0.15) is 0 Å². The SMILES string of the molecule is O=C(c1cccs1)N1C[C@@H]2CCCCN(Cc3ccc(F)c(F)c3)[C@@H]2C1. The number of carbonyl (C=O) groups excluding carboxylic acids is 1. The molecule has 138 valence electrons. The van der Waals surface area contributed by atoms with E-state index in [9.17, 15) is 13.6 Å². The lowest BCUT2D eigenvalue weighted by Crippen LogP contribution is -2.40. The normalized spacial score (nSPS) is 23.7. The molecule has 0 radical (unpaired) electrons. The third-order valence-electron chi connectivity index (χ3n) is 5.53. The summed E-state index contributed by atoms with van der Waals surface area (Å²) in [6, 6.07) is 8.21. The molecule has 0 bridgehead atoms. The Morgan fingerprint density at radius 3 is 2.81 bits per heavy atom. The van der Waals surface area contributed by atoms with Crippen LogP contribution >= 0.6 is 11.3 Å². The van der Waals surface area contributed by atoms with Crippen LogP contribution in [0.5, 0.6) is 0 Å². The second-order valence-electron chi connectivity index (χ2n) is 7.23. The van der Waals surface area contributed by atoms with Crippen molar-refractivity contribution in [2.75, 3.05) is 19.6 Å². The van der Waals surface area contributed by atoms with Crippen LogP contribution in [-0.2, 0) is 6.54 Å². The third kappa shape index (κ3) is 3.53. The molecule has 2 atom stereocenters. The van der Waals surface area contributed by atoms with E-state index in [1.54, 1.807) is 6.07 Å². The molecule has 2 saturated heterocycles. The van der Waals surface area contributed by atoms with Crippen LogP contribution in [0.2, 0.25) is 0 Å². The number of fused-ring (bicyclic) bond motifs is 1. The Hall–Kier alpha value is -1.79. The molecule has 1 amide bonds. The second kappa shape index (κ2) is 7.45. The first-order valence-electron chi connectivity index (χ1n) is 9.12. The zero-order chi connectivity index (χ0) is 18.1. The molecular formula is C20H22F2N2OS. The molecule has 2 aliphatic heterocycles. The standard InChI is InChI=1S/C20H22F2N2OS/c21-16-7-6-14(10-17(16)22)11-23-8-2-1-4-15-12-24(13-18(15)23)20(25)19-5-3-9-26-19/h3,5-7,9-10,15,18H,1-2,4,8,11-13H2/t15-,18+/m0/s1. The molecule has 1 aromatic heterocycles. The molecule has 4 rings (SSSR count). The monoisotopic (exact) mass is 376 g/mol. The largest absolute Gasteiger partial charge is 0.336 e. The van der Waals surface area contributed by atoms with E-state index in [-0.39, 0.29) is 11.9 Å². The molecule has 0 unspecified atom stereocenters. The molecule has 2 aliphatic rings. The Labute approximate surface area is 156 Å². The highest BCUT2D eigenvalue weighted by atomic mass is 32.1. The van der Waals surface area contributed by atoms with Gasteiger partial charge in [-0.15, -0.1) is 11.3 Å². The maximum Gasteiger partial charge on any atom is 0.263 e. The van der Waals surface area contributed by atoms with E-state index in [0.717, 1.165) is 42.8 Å². The van der Waals surface area contributed by atoms with Gasteiger partial charge in [-0.3, -0.25) is 9.69 Å². The molecule has 0 N–H and O–H groups in total. The first kappa shape index (κ1) is 17.6. The summed E-state index contributed by atoms with van der Waals surface area (Å²) in [6.45, 7) is 3.03. The van der Waals surface area contributed by atoms with Gasteiger partial charge in [0.15, 0.2) is 11.6 Å². The van der Waals surface area contributed by atoms with Crippen LogP contribution in [0, 0.1) is 17.6 Å². The summed E-state index contributed by atoms with van der Waals surface area (Å²) < 4.78 is 26.8. The number of benzene rings is 1. The summed E-state index contributed by atoms with van der Waals surface area (Å²) in [6.07, 6.45) is 3.37. The molecule has 2 fully saturated rings. The number of hydrogen-bond donors (Lipinski definition) is 0. The number of amides is 1. The van der Waals surface area contributed by atoms with Crippen molar-refractivity contribution in [2.45, 2.75) is 31.8 Å². The van der Waals surface area contributed by atoms with Gasteiger partial charge in [0.25, 0.3) is 5.91 Å². The number of carbonyl (C=O) groups is 1. The van der Waals surface area contributed by atoms with Crippen LogP contribution in [0.1, 0.15) is 34.5 Å². The Kier molecular flexibility index (Phi) is 5.05. The van der Waals surface area contributed by atoms with Crippen molar-refractivity contribution >= 4 is 17.2 Å². The van der Waals surface area contributed by atoms with Gasteiger partial charge >= 0.3 is 0 Å². The van der Waals surface area contributed by atoms with Crippen LogP contribution < -0.4 is 0 Å². The fourth-order valence-electron chi connectivity index (χ4n) is 4.23. The van der Waals surface area contributed by atoms with Crippen LogP contribution in [0.3, 0.4) is 0 Å². The van der Waals surface area contributed by atoms with Crippen LogP contribution in [0.15, 0.2) is 35.7 Å². The van der Waals surface area contributed by atoms with E-state index in [1.165, 1.54) is 23.5 Å². The molecule has 26 heavy (non-hydrogen) atoms. The zero-order valence-corrected chi connectivity index (χ0v) is 15.4. The molecule has 1 aromatic carbocycles. The highest BCUT2D eigenvalue weighted by Gasteiger charge is 2.39. The second-order valence-corrected chi connectivity index (χ2v) is 8.18. The van der Waals surface area contributed by atoms with E-state index >= 15 is 0 Å². The molecule has 0 spiro atoms. The summed E-state index contributed by atoms with van der Waals surface area (Å²) in [5, 5.41) is 1.93. The Morgan fingerprint density at radius 2 is 2.04 bits per heavy atom. The third-order valence-corrected chi connectivity index (χ3v) is 6.39. The topological polar surface area (TPSA) is 23.6 Å². The first-order valence-corrected chi connectivity index (χ1v) is 10.0. The molecule has 3 nitrogen and oxygen atoms in total. The maximum atomic E-state index is 13.6. The van der Waals surface area contributed by atoms with E-state index in [4.69, 9.17) is 0 Å². The van der Waals surface area contributed by atoms with E-state index in [2.05, 4.69) is 4.90 Å². The highest BCUT2D eigenvalue weighted by Crippen LogP contribution is 2.32. The van der Waals surface area contributed by atoms with Crippen molar-refractivity contribution in [3.63, 3.8) is 0 Å². The predicted molar refractivity (Wildman–Crippen MR) is 98.1 cm³/mol. The van der Waals surface area contributed by atoms with Crippen molar-refractivity contribution in [1.82, 2.24) is 9.80 Å². The highest BCUT2D eigenvalue weighted by molar-refractivity contribution is 7.12. The van der Waals surface area contributed by atoms with Crippen LogP contribution in [0.25, 0.3) is 0 Å². The summed E-state index contributed by atoms with van der Waals surface area (Å²) in [7, 11) is 0. The van der Waals surface area contributed by atoms with Crippen molar-refractivity contribution in [3.05, 3.63) is 57.8 Å². The van der Waals surface area contributed by atoms with Crippen molar-refractivity contribution < 1.29 is 13.6 Å². The van der Waals surface area contributed by atoms with Gasteiger partial charge in [0.05, 0.1) is 4.88 Å². The zero-order valence-electron chi connectivity index (χ0n) is 14.5. The molecule has 6 heteroatoms. The summed E-state index contributed by atoms with van der Waals surface area (Å²) in [5.74, 6) is -1.04. The number of nitrogens with zero attached hydrogens (tertiary/aromatic N) is 2. The minimum atomic E-state index is -0.809. The van der Waals surface area contributed by atoms with Gasteiger partial charge < -0.3 is 4.90 Å². The summed E-state index contributed by atoms with van der Waals surface area (Å²) >= 11 is 1.48. The number of thiophene rings is 1. The predicted octanol–water partition coefficient (Wildman–Crippen LogP) is 4.15. The quantitative estimate of drug-likeness (QED) is 0.803.